The van der Waals surface area contributed by atoms with Crippen LogP contribution in [-0.4, -0.2) is 64.2 Å². The van der Waals surface area contributed by atoms with Gasteiger partial charge in [0.25, 0.3) is 0 Å². The second kappa shape index (κ2) is 13.6. The summed E-state index contributed by atoms with van der Waals surface area (Å²) >= 11 is 0. The molecule has 1 N–H and O–H groups in total. The van der Waals surface area contributed by atoms with Gasteiger partial charge in [0.05, 0.1) is 36.6 Å². The van der Waals surface area contributed by atoms with E-state index in [-0.39, 0.29) is 43.3 Å². The molecular weight excluding hydrogens is 560 g/mol. The third kappa shape index (κ3) is 6.42. The lowest BCUT2D eigenvalue weighted by Gasteiger charge is -2.30. The molecule has 44 heavy (non-hydrogen) atoms. The summed E-state index contributed by atoms with van der Waals surface area (Å²) in [6.07, 6.45) is 12.7. The second-order valence-corrected chi connectivity index (χ2v) is 12.8. The summed E-state index contributed by atoms with van der Waals surface area (Å²) in [5.41, 5.74) is 1.55. The molecular formula is C35H44N2O7. The number of carbonyl (C=O) groups excluding carboxylic acids is 2. The number of benzene rings is 1. The van der Waals surface area contributed by atoms with Crippen molar-refractivity contribution in [1.82, 2.24) is 9.88 Å². The molecule has 9 nitrogen and oxygen atoms in total. The summed E-state index contributed by atoms with van der Waals surface area (Å²) in [6.45, 7) is 2.54. The van der Waals surface area contributed by atoms with Crippen LogP contribution >= 0.6 is 0 Å². The number of amides is 1. The number of hydrogen-bond acceptors (Lipinski definition) is 7. The number of para-hydroxylation sites is 1. The van der Waals surface area contributed by atoms with Crippen LogP contribution in [0.1, 0.15) is 83.1 Å². The second-order valence-electron chi connectivity index (χ2n) is 12.8. The van der Waals surface area contributed by atoms with Gasteiger partial charge in [-0.15, -0.1) is 0 Å². The maximum Gasteiger partial charge on any atom is 0.326 e. The topological polar surface area (TPSA) is 115 Å². The number of aliphatic carboxylic acids is 1. The van der Waals surface area contributed by atoms with Crippen LogP contribution in [0.25, 0.3) is 10.9 Å². The Hall–Kier alpha value is -3.62. The number of rotatable bonds is 4. The fourth-order valence-corrected chi connectivity index (χ4v) is 7.85. The Labute approximate surface area is 258 Å². The third-order valence-corrected chi connectivity index (χ3v) is 10.0. The molecule has 2 saturated carbocycles. The van der Waals surface area contributed by atoms with Crippen LogP contribution in [0.4, 0.5) is 0 Å². The van der Waals surface area contributed by atoms with Crippen LogP contribution in [0.5, 0.6) is 11.6 Å². The number of esters is 1. The van der Waals surface area contributed by atoms with Crippen molar-refractivity contribution in [1.29, 1.82) is 0 Å². The van der Waals surface area contributed by atoms with Gasteiger partial charge in [0.15, 0.2) is 0 Å². The first kappa shape index (κ1) is 30.4. The molecule has 236 valence electrons. The number of nitrogens with zero attached hydrogens (tertiary/aromatic N) is 2. The van der Waals surface area contributed by atoms with Gasteiger partial charge < -0.3 is 24.2 Å². The smallest absolute Gasteiger partial charge is 0.326 e. The number of ether oxygens (including phenoxy) is 3. The Kier molecular flexibility index (Phi) is 9.38. The van der Waals surface area contributed by atoms with Gasteiger partial charge in [-0.05, 0) is 82.3 Å². The van der Waals surface area contributed by atoms with Gasteiger partial charge in [0.1, 0.15) is 24.0 Å². The van der Waals surface area contributed by atoms with Crippen molar-refractivity contribution < 1.29 is 33.7 Å². The number of aromatic nitrogens is 1. The Morgan fingerprint density at radius 2 is 1.82 bits per heavy atom. The summed E-state index contributed by atoms with van der Waals surface area (Å²) in [5, 5.41) is 11.1. The van der Waals surface area contributed by atoms with E-state index in [2.05, 4.69) is 12.2 Å². The molecule has 2 aromatic rings. The Balaban J connectivity index is 1.38. The molecule has 0 radical (unpaired) electrons. The number of carbonyl (C=O) groups is 3. The maximum absolute atomic E-state index is 14.2. The lowest BCUT2D eigenvalue weighted by Crippen LogP contribution is -2.46. The average molecular weight is 605 g/mol. The van der Waals surface area contributed by atoms with E-state index in [0.29, 0.717) is 24.8 Å². The van der Waals surface area contributed by atoms with Crippen molar-refractivity contribution in [2.45, 2.75) is 102 Å². The summed E-state index contributed by atoms with van der Waals surface area (Å²) in [4.78, 5) is 46.3. The zero-order valence-corrected chi connectivity index (χ0v) is 25.6. The van der Waals surface area contributed by atoms with Gasteiger partial charge in [-0.1, -0.05) is 37.1 Å². The van der Waals surface area contributed by atoms with Gasteiger partial charge >= 0.3 is 11.9 Å². The molecule has 3 fully saturated rings. The zero-order chi connectivity index (χ0) is 30.6. The predicted octanol–water partition coefficient (Wildman–Crippen LogP) is 5.87. The maximum atomic E-state index is 14.2. The number of fused-ring (bicyclic) bond motifs is 5. The van der Waals surface area contributed by atoms with E-state index in [0.717, 1.165) is 80.0 Å². The van der Waals surface area contributed by atoms with Crippen LogP contribution in [0, 0.1) is 17.8 Å². The molecule has 9 heteroatoms. The van der Waals surface area contributed by atoms with Crippen molar-refractivity contribution in [3.63, 3.8) is 0 Å². The summed E-state index contributed by atoms with van der Waals surface area (Å²) in [7, 11) is 0. The van der Waals surface area contributed by atoms with Gasteiger partial charge in [0.2, 0.25) is 11.8 Å². The molecule has 2 aliphatic heterocycles. The molecule has 3 heterocycles. The standard InChI is InChI=1S/C35H44N2O7/c1-2-42-32-25-15-8-9-17-28(25)36-33-26(32)16-5-3-4-13-23-14-10-18-30(23)44-31(38)20-27(22-11-6-7-12-22)34(39)37-21-24(43-33)19-29(37)35(40)41/h3,5,8-9,15,17,22-24,27,29-30H,2,4,6-7,10-14,16,18-21H2,1H3,(H,40,41)/b5-3+/t23-,24-,27+,29+,30-/m1/s1. The molecule has 0 spiro atoms. The minimum absolute atomic E-state index is 0.00488. The van der Waals surface area contributed by atoms with Gasteiger partial charge in [-0.3, -0.25) is 9.59 Å². The zero-order valence-electron chi connectivity index (χ0n) is 25.6. The van der Waals surface area contributed by atoms with Crippen molar-refractivity contribution in [3.05, 3.63) is 42.0 Å². The Bertz CT molecular complexity index is 1400. The average Bonchev–Trinajstić information content (AvgIpc) is 3.78. The third-order valence-electron chi connectivity index (χ3n) is 10.0. The molecule has 0 unspecified atom stereocenters. The number of hydrogen-bond donors (Lipinski definition) is 1. The molecule has 1 amide bonds. The van der Waals surface area contributed by atoms with Crippen LogP contribution in [0.3, 0.4) is 0 Å². The largest absolute Gasteiger partial charge is 0.493 e. The molecule has 1 aromatic heterocycles. The normalized spacial score (nSPS) is 29.3. The van der Waals surface area contributed by atoms with Crippen LogP contribution < -0.4 is 9.47 Å². The number of carboxylic acid groups (broad SMARTS) is 1. The van der Waals surface area contributed by atoms with E-state index in [9.17, 15) is 19.5 Å². The number of carboxylic acids is 1. The molecule has 6 rings (SSSR count). The minimum atomic E-state index is -1.07. The molecule has 2 bridgehead atoms. The first-order chi connectivity index (χ1) is 21.4. The van der Waals surface area contributed by atoms with Crippen molar-refractivity contribution >= 4 is 28.7 Å². The van der Waals surface area contributed by atoms with E-state index >= 15 is 0 Å². The molecule has 1 aromatic carbocycles. The molecule has 2 aliphatic carbocycles. The lowest BCUT2D eigenvalue weighted by atomic mass is 9.86. The minimum Gasteiger partial charge on any atom is -0.493 e. The highest BCUT2D eigenvalue weighted by atomic mass is 16.5. The van der Waals surface area contributed by atoms with E-state index in [1.54, 1.807) is 0 Å². The summed E-state index contributed by atoms with van der Waals surface area (Å²) in [6, 6.07) is 6.74. The van der Waals surface area contributed by atoms with Crippen LogP contribution in [0.15, 0.2) is 36.4 Å². The highest BCUT2D eigenvalue weighted by Crippen LogP contribution is 2.40. The Morgan fingerprint density at radius 1 is 1.02 bits per heavy atom. The SMILES string of the molecule is CCOc1c2c(nc3ccccc13)O[C@@H]1C[C@@H](C(=O)O)N(C1)C(=O)[C@H](C1CCCC1)CC(=O)O[C@@H]1CCC[C@H]1CC/C=C/C2. The van der Waals surface area contributed by atoms with E-state index < -0.39 is 24.0 Å². The molecule has 1 saturated heterocycles. The predicted molar refractivity (Wildman–Crippen MR) is 164 cm³/mol. The monoisotopic (exact) mass is 604 g/mol. The van der Waals surface area contributed by atoms with Gasteiger partial charge in [-0.25, -0.2) is 9.78 Å². The first-order valence-corrected chi connectivity index (χ1v) is 16.5. The number of allylic oxidation sites excluding steroid dienone is 2. The van der Waals surface area contributed by atoms with Gasteiger partial charge in [0, 0.05) is 11.8 Å². The van der Waals surface area contributed by atoms with Crippen LogP contribution in [-0.2, 0) is 25.5 Å². The summed E-state index contributed by atoms with van der Waals surface area (Å²) < 4.78 is 18.7. The highest BCUT2D eigenvalue weighted by molar-refractivity contribution is 5.89. The van der Waals surface area contributed by atoms with Crippen molar-refractivity contribution in [2.24, 2.45) is 17.8 Å². The highest BCUT2D eigenvalue weighted by Gasteiger charge is 2.46. The summed E-state index contributed by atoms with van der Waals surface area (Å²) in [5.74, 6) is -0.809. The van der Waals surface area contributed by atoms with Crippen LogP contribution in [0.2, 0.25) is 0 Å². The lowest BCUT2D eigenvalue weighted by molar-refractivity contribution is -0.157. The van der Waals surface area contributed by atoms with E-state index in [1.165, 1.54) is 4.90 Å². The van der Waals surface area contributed by atoms with Gasteiger partial charge in [-0.2, -0.15) is 0 Å². The van der Waals surface area contributed by atoms with E-state index in [4.69, 9.17) is 19.2 Å². The molecule has 4 aliphatic rings. The Morgan fingerprint density at radius 3 is 2.61 bits per heavy atom. The van der Waals surface area contributed by atoms with Crippen molar-refractivity contribution in [2.75, 3.05) is 13.2 Å². The fraction of sp³-hybridized carbons (Fsp3) is 0.600. The first-order valence-electron chi connectivity index (χ1n) is 16.5. The molecule has 5 atom stereocenters. The quantitative estimate of drug-likeness (QED) is 0.341. The van der Waals surface area contributed by atoms with Crippen molar-refractivity contribution in [3.8, 4) is 11.6 Å². The van der Waals surface area contributed by atoms with E-state index in [1.807, 2.05) is 31.2 Å². The number of pyridine rings is 1. The fourth-order valence-electron chi connectivity index (χ4n) is 7.85.